The van der Waals surface area contributed by atoms with Gasteiger partial charge < -0.3 is 10.6 Å². The van der Waals surface area contributed by atoms with Gasteiger partial charge in [0.25, 0.3) is 5.91 Å². The summed E-state index contributed by atoms with van der Waals surface area (Å²) in [6.45, 7) is -0.176. The molecule has 0 saturated heterocycles. The van der Waals surface area contributed by atoms with E-state index in [1.807, 2.05) is 0 Å². The van der Waals surface area contributed by atoms with E-state index in [1.54, 1.807) is 6.07 Å². The third-order valence-electron chi connectivity index (χ3n) is 4.43. The number of carbonyl (C=O) groups is 2. The van der Waals surface area contributed by atoms with Crippen LogP contribution in [0.25, 0.3) is 0 Å². The van der Waals surface area contributed by atoms with E-state index in [4.69, 9.17) is 5.26 Å². The molecule has 1 aliphatic carbocycles. The molecule has 0 bridgehead atoms. The Bertz CT molecular complexity index is 667. The van der Waals surface area contributed by atoms with Gasteiger partial charge in [-0.25, -0.2) is 8.78 Å². The van der Waals surface area contributed by atoms with Crippen molar-refractivity contribution in [2.45, 2.75) is 44.6 Å². The fraction of sp³-hybridized carbons (Fsp3) is 0.500. The van der Waals surface area contributed by atoms with Crippen molar-refractivity contribution in [3.8, 4) is 6.07 Å². The number of amides is 2. The summed E-state index contributed by atoms with van der Waals surface area (Å²) in [6.07, 6.45) is 5.65. The summed E-state index contributed by atoms with van der Waals surface area (Å²) in [7, 11) is 0. The summed E-state index contributed by atoms with van der Waals surface area (Å²) in [4.78, 5) is 24.5. The molecule has 2 N–H and O–H groups in total. The molecule has 0 aliphatic heterocycles. The molecule has 0 radical (unpaired) electrons. The Morgan fingerprint density at radius 1 is 1.24 bits per heavy atom. The lowest BCUT2D eigenvalue weighted by molar-refractivity contribution is -0.123. The monoisotopic (exact) mass is 349 g/mol. The fourth-order valence-electron chi connectivity index (χ4n) is 3.15. The highest BCUT2D eigenvalue weighted by Crippen LogP contribution is 2.27. The predicted molar refractivity (Wildman–Crippen MR) is 87.4 cm³/mol. The standard InChI is InChI=1S/C18H21F2N3O2/c19-13-6-7-15(20)14(11-13)17(24)23-16(18(25)22-9-8-21)10-12-4-2-1-3-5-12/h6-7,11-12,16H,1-5,9-10H2,(H,22,25)(H,23,24). The minimum Gasteiger partial charge on any atom is -0.341 e. The van der Waals surface area contributed by atoms with Crippen molar-refractivity contribution in [2.24, 2.45) is 5.92 Å². The highest BCUT2D eigenvalue weighted by atomic mass is 19.1. The quantitative estimate of drug-likeness (QED) is 0.775. The minimum atomic E-state index is -0.883. The van der Waals surface area contributed by atoms with Gasteiger partial charge in [-0.15, -0.1) is 0 Å². The molecular formula is C18H21F2N3O2. The summed E-state index contributed by atoms with van der Waals surface area (Å²) >= 11 is 0. The lowest BCUT2D eigenvalue weighted by atomic mass is 9.84. The number of nitrogens with one attached hydrogen (secondary N) is 2. The Labute approximate surface area is 145 Å². The van der Waals surface area contributed by atoms with Gasteiger partial charge in [0.2, 0.25) is 5.91 Å². The van der Waals surface area contributed by atoms with Gasteiger partial charge in [0, 0.05) is 0 Å². The number of carbonyl (C=O) groups excluding carboxylic acids is 2. The Morgan fingerprint density at radius 2 is 1.96 bits per heavy atom. The second kappa shape index (κ2) is 9.11. The third-order valence-corrected chi connectivity index (χ3v) is 4.43. The van der Waals surface area contributed by atoms with Gasteiger partial charge in [-0.1, -0.05) is 32.1 Å². The van der Waals surface area contributed by atoms with Crippen LogP contribution in [-0.4, -0.2) is 24.4 Å². The van der Waals surface area contributed by atoms with Crippen LogP contribution in [0.2, 0.25) is 0 Å². The summed E-state index contributed by atoms with van der Waals surface area (Å²) < 4.78 is 27.0. The third kappa shape index (κ3) is 5.52. The van der Waals surface area contributed by atoms with E-state index in [0.717, 1.165) is 50.3 Å². The Morgan fingerprint density at radius 3 is 2.64 bits per heavy atom. The van der Waals surface area contributed by atoms with Gasteiger partial charge in [-0.05, 0) is 30.5 Å². The number of nitriles is 1. The molecule has 1 atom stereocenters. The van der Waals surface area contributed by atoms with Crippen LogP contribution in [0, 0.1) is 28.9 Å². The zero-order chi connectivity index (χ0) is 18.2. The Hall–Kier alpha value is -2.49. The first-order valence-corrected chi connectivity index (χ1v) is 8.42. The molecule has 1 aromatic rings. The highest BCUT2D eigenvalue weighted by molar-refractivity contribution is 5.97. The molecule has 2 amide bonds. The van der Waals surface area contributed by atoms with Gasteiger partial charge in [0.05, 0.1) is 11.6 Å². The summed E-state index contributed by atoms with van der Waals surface area (Å²) in [6, 6.07) is 3.52. The normalized spacial score (nSPS) is 15.9. The molecule has 1 aliphatic rings. The van der Waals surface area contributed by atoms with Crippen molar-refractivity contribution in [1.82, 2.24) is 10.6 Å². The van der Waals surface area contributed by atoms with Gasteiger partial charge in [-0.2, -0.15) is 5.26 Å². The maximum Gasteiger partial charge on any atom is 0.255 e. The largest absolute Gasteiger partial charge is 0.341 e. The van der Waals surface area contributed by atoms with E-state index in [1.165, 1.54) is 0 Å². The first kappa shape index (κ1) is 18.8. The van der Waals surface area contributed by atoms with Crippen molar-refractivity contribution in [3.63, 3.8) is 0 Å². The lowest BCUT2D eigenvalue weighted by Crippen LogP contribution is -2.48. The zero-order valence-electron chi connectivity index (χ0n) is 13.9. The molecule has 1 saturated carbocycles. The number of halogens is 2. The molecule has 25 heavy (non-hydrogen) atoms. The zero-order valence-corrected chi connectivity index (χ0v) is 13.9. The smallest absolute Gasteiger partial charge is 0.255 e. The Balaban J connectivity index is 2.10. The van der Waals surface area contributed by atoms with Gasteiger partial charge >= 0.3 is 0 Å². The van der Waals surface area contributed by atoms with Crippen molar-refractivity contribution in [3.05, 3.63) is 35.4 Å². The first-order valence-electron chi connectivity index (χ1n) is 8.42. The van der Waals surface area contributed by atoms with Crippen molar-refractivity contribution < 1.29 is 18.4 Å². The molecule has 1 unspecified atom stereocenters. The molecule has 7 heteroatoms. The molecule has 1 aromatic carbocycles. The minimum absolute atomic E-state index is 0.176. The number of hydrogen-bond acceptors (Lipinski definition) is 3. The van der Waals surface area contributed by atoms with Crippen LogP contribution in [0.15, 0.2) is 18.2 Å². The summed E-state index contributed by atoms with van der Waals surface area (Å²) in [5, 5.41) is 13.5. The van der Waals surface area contributed by atoms with E-state index in [-0.39, 0.29) is 12.5 Å². The van der Waals surface area contributed by atoms with Crippen molar-refractivity contribution in [2.75, 3.05) is 6.54 Å². The molecule has 134 valence electrons. The summed E-state index contributed by atoms with van der Waals surface area (Å²) in [5.74, 6) is -2.64. The molecule has 0 spiro atoms. The summed E-state index contributed by atoms with van der Waals surface area (Å²) in [5.41, 5.74) is -0.443. The van der Waals surface area contributed by atoms with Crippen molar-refractivity contribution in [1.29, 1.82) is 5.26 Å². The molecule has 5 nitrogen and oxygen atoms in total. The van der Waals surface area contributed by atoms with E-state index >= 15 is 0 Å². The van der Waals surface area contributed by atoms with Crippen LogP contribution in [0.5, 0.6) is 0 Å². The molecule has 2 rings (SSSR count). The SMILES string of the molecule is N#CCNC(=O)C(CC1CCCCC1)NC(=O)c1cc(F)ccc1F. The lowest BCUT2D eigenvalue weighted by Gasteiger charge is -2.26. The predicted octanol–water partition coefficient (Wildman–Crippen LogP) is 2.67. The first-order chi connectivity index (χ1) is 12.0. The van der Waals surface area contributed by atoms with Crippen LogP contribution in [0.4, 0.5) is 8.78 Å². The number of nitrogens with zero attached hydrogens (tertiary/aromatic N) is 1. The molecule has 0 aromatic heterocycles. The second-order valence-electron chi connectivity index (χ2n) is 6.27. The number of rotatable bonds is 6. The second-order valence-corrected chi connectivity index (χ2v) is 6.27. The van der Waals surface area contributed by atoms with E-state index < -0.39 is 35.1 Å². The molecular weight excluding hydrogens is 328 g/mol. The number of hydrogen-bond donors (Lipinski definition) is 2. The van der Waals surface area contributed by atoms with Crippen LogP contribution in [0.1, 0.15) is 48.9 Å². The maximum absolute atomic E-state index is 13.8. The van der Waals surface area contributed by atoms with Crippen molar-refractivity contribution >= 4 is 11.8 Å². The van der Waals surface area contributed by atoms with Crippen LogP contribution >= 0.6 is 0 Å². The number of benzene rings is 1. The van der Waals surface area contributed by atoms with Crippen LogP contribution in [0.3, 0.4) is 0 Å². The van der Waals surface area contributed by atoms with Gasteiger partial charge in [0.15, 0.2) is 0 Å². The van der Waals surface area contributed by atoms with Gasteiger partial charge in [-0.3, -0.25) is 9.59 Å². The molecule has 1 fully saturated rings. The van der Waals surface area contributed by atoms with Gasteiger partial charge in [0.1, 0.15) is 24.2 Å². The van der Waals surface area contributed by atoms with E-state index in [2.05, 4.69) is 10.6 Å². The Kier molecular flexibility index (Phi) is 6.87. The van der Waals surface area contributed by atoms with E-state index in [9.17, 15) is 18.4 Å². The highest BCUT2D eigenvalue weighted by Gasteiger charge is 2.27. The fourth-order valence-corrected chi connectivity index (χ4v) is 3.15. The molecule has 0 heterocycles. The van der Waals surface area contributed by atoms with Crippen LogP contribution in [-0.2, 0) is 4.79 Å². The maximum atomic E-state index is 13.8. The topological polar surface area (TPSA) is 82.0 Å². The average Bonchev–Trinajstić information content (AvgIpc) is 2.61. The average molecular weight is 349 g/mol. The van der Waals surface area contributed by atoms with E-state index in [0.29, 0.717) is 6.42 Å². The van der Waals surface area contributed by atoms with Crippen LogP contribution < -0.4 is 10.6 Å².